The molecule has 76 valence electrons. The Morgan fingerprint density at radius 2 is 1.64 bits per heavy atom. The predicted octanol–water partition coefficient (Wildman–Crippen LogP) is 0.940. The van der Waals surface area contributed by atoms with Crippen LogP contribution in [0.25, 0.3) is 0 Å². The minimum atomic E-state index is -0.122. The van der Waals surface area contributed by atoms with E-state index in [4.69, 9.17) is 9.47 Å². The average Bonchev–Trinajstić information content (AvgIpc) is 2.16. The molecular formula is C9H13N3O2. The largest absolute Gasteiger partial charge is 0.470 e. The van der Waals surface area contributed by atoms with Crippen molar-refractivity contribution in [2.24, 2.45) is 0 Å². The van der Waals surface area contributed by atoms with Crippen molar-refractivity contribution >= 4 is 0 Å². The monoisotopic (exact) mass is 195 g/mol. The Bertz CT molecular complexity index is 346. The highest BCUT2D eigenvalue weighted by molar-refractivity contribution is 5.26. The normalized spacial score (nSPS) is 15.4. The molecule has 0 saturated carbocycles. The maximum absolute atomic E-state index is 5.32. The summed E-state index contributed by atoms with van der Waals surface area (Å²) in [6.07, 6.45) is 0. The number of rotatable bonds is 0. The zero-order valence-electron chi connectivity index (χ0n) is 8.57. The van der Waals surface area contributed by atoms with Crippen molar-refractivity contribution in [3.05, 3.63) is 5.82 Å². The van der Waals surface area contributed by atoms with E-state index in [1.165, 1.54) is 0 Å². The zero-order chi connectivity index (χ0) is 10.2. The van der Waals surface area contributed by atoms with Crippen LogP contribution in [0.5, 0.6) is 11.8 Å². The van der Waals surface area contributed by atoms with Crippen LogP contribution in [0.1, 0.15) is 26.6 Å². The molecule has 0 N–H and O–H groups in total. The number of hydrogen-bond acceptors (Lipinski definition) is 5. The van der Waals surface area contributed by atoms with Gasteiger partial charge in [-0.3, -0.25) is 0 Å². The van der Waals surface area contributed by atoms with Crippen LogP contribution in [0.3, 0.4) is 0 Å². The molecule has 0 bridgehead atoms. The summed E-state index contributed by atoms with van der Waals surface area (Å²) in [6, 6.07) is 0. The predicted molar refractivity (Wildman–Crippen MR) is 49.5 cm³/mol. The van der Waals surface area contributed by atoms with Gasteiger partial charge < -0.3 is 9.47 Å². The first-order valence-corrected chi connectivity index (χ1v) is 4.58. The molecule has 1 aromatic heterocycles. The molecule has 0 amide bonds. The van der Waals surface area contributed by atoms with E-state index < -0.39 is 0 Å². The van der Waals surface area contributed by atoms with E-state index in [0.29, 0.717) is 30.8 Å². The number of hydrogen-bond donors (Lipinski definition) is 0. The molecule has 0 aromatic carbocycles. The molecule has 2 rings (SSSR count). The second kappa shape index (κ2) is 3.08. The van der Waals surface area contributed by atoms with Crippen molar-refractivity contribution in [1.82, 2.24) is 15.2 Å². The summed E-state index contributed by atoms with van der Waals surface area (Å²) >= 11 is 0. The van der Waals surface area contributed by atoms with Gasteiger partial charge in [-0.25, -0.2) is 0 Å². The standard InChI is InChI=1S/C9H13N3O2/c1-9(2,3)8-10-6-7(11-12-8)14-5-4-13-6/h4-5H2,1-3H3. The number of aromatic nitrogens is 3. The summed E-state index contributed by atoms with van der Waals surface area (Å²) in [4.78, 5) is 4.26. The Balaban J connectivity index is 2.39. The lowest BCUT2D eigenvalue weighted by molar-refractivity contribution is 0.152. The van der Waals surface area contributed by atoms with Gasteiger partial charge >= 0.3 is 0 Å². The Morgan fingerprint density at radius 3 is 2.29 bits per heavy atom. The van der Waals surface area contributed by atoms with E-state index in [1.54, 1.807) is 0 Å². The van der Waals surface area contributed by atoms with E-state index in [0.717, 1.165) is 0 Å². The minimum absolute atomic E-state index is 0.122. The lowest BCUT2D eigenvalue weighted by Gasteiger charge is -2.19. The van der Waals surface area contributed by atoms with E-state index >= 15 is 0 Å². The molecule has 5 heteroatoms. The maximum atomic E-state index is 5.32. The van der Waals surface area contributed by atoms with Gasteiger partial charge in [0.1, 0.15) is 13.2 Å². The molecule has 0 unspecified atom stereocenters. The SMILES string of the molecule is CC(C)(C)c1nnc2c(n1)OCCO2. The fraction of sp³-hybridized carbons (Fsp3) is 0.667. The summed E-state index contributed by atoms with van der Waals surface area (Å²) in [5.74, 6) is 1.52. The third kappa shape index (κ3) is 1.62. The molecule has 0 aliphatic carbocycles. The lowest BCUT2D eigenvalue weighted by Crippen LogP contribution is -2.22. The second-order valence-electron chi connectivity index (χ2n) is 4.19. The van der Waals surface area contributed by atoms with Crippen LogP contribution in [0, 0.1) is 0 Å². The van der Waals surface area contributed by atoms with Crippen molar-refractivity contribution in [1.29, 1.82) is 0 Å². The van der Waals surface area contributed by atoms with Crippen LogP contribution in [-0.2, 0) is 5.41 Å². The Labute approximate surface area is 82.5 Å². The third-order valence-corrected chi connectivity index (χ3v) is 1.86. The Kier molecular flexibility index (Phi) is 2.02. The molecule has 0 atom stereocenters. The summed E-state index contributed by atoms with van der Waals surface area (Å²) in [6.45, 7) is 7.12. The van der Waals surface area contributed by atoms with Crippen molar-refractivity contribution in [2.75, 3.05) is 13.2 Å². The second-order valence-corrected chi connectivity index (χ2v) is 4.19. The van der Waals surface area contributed by atoms with E-state index in [1.807, 2.05) is 20.8 Å². The Morgan fingerprint density at radius 1 is 1.00 bits per heavy atom. The molecular weight excluding hydrogens is 182 g/mol. The van der Waals surface area contributed by atoms with Crippen molar-refractivity contribution in [2.45, 2.75) is 26.2 Å². The molecule has 0 fully saturated rings. The van der Waals surface area contributed by atoms with Crippen LogP contribution < -0.4 is 9.47 Å². The van der Waals surface area contributed by atoms with Crippen molar-refractivity contribution in [3.8, 4) is 11.8 Å². The third-order valence-electron chi connectivity index (χ3n) is 1.86. The van der Waals surface area contributed by atoms with E-state index in [-0.39, 0.29) is 5.41 Å². The van der Waals surface area contributed by atoms with Crippen LogP contribution in [0.2, 0.25) is 0 Å². The van der Waals surface area contributed by atoms with Crippen molar-refractivity contribution in [3.63, 3.8) is 0 Å². The minimum Gasteiger partial charge on any atom is -0.470 e. The zero-order valence-corrected chi connectivity index (χ0v) is 8.57. The number of nitrogens with zero attached hydrogens (tertiary/aromatic N) is 3. The maximum Gasteiger partial charge on any atom is 0.297 e. The van der Waals surface area contributed by atoms with E-state index in [2.05, 4.69) is 15.2 Å². The first-order valence-electron chi connectivity index (χ1n) is 4.58. The highest BCUT2D eigenvalue weighted by Gasteiger charge is 2.23. The fourth-order valence-corrected chi connectivity index (χ4v) is 1.08. The molecule has 2 heterocycles. The van der Waals surface area contributed by atoms with Crippen molar-refractivity contribution < 1.29 is 9.47 Å². The van der Waals surface area contributed by atoms with Crippen LogP contribution in [-0.4, -0.2) is 28.4 Å². The van der Waals surface area contributed by atoms with Gasteiger partial charge in [-0.1, -0.05) is 20.8 Å². The molecule has 0 spiro atoms. The quantitative estimate of drug-likeness (QED) is 0.616. The smallest absolute Gasteiger partial charge is 0.297 e. The molecule has 1 aliphatic heterocycles. The summed E-state index contributed by atoms with van der Waals surface area (Å²) in [5.41, 5.74) is -0.122. The summed E-state index contributed by atoms with van der Waals surface area (Å²) in [5, 5.41) is 7.92. The molecule has 0 radical (unpaired) electrons. The first-order chi connectivity index (χ1) is 6.57. The molecule has 1 aliphatic rings. The molecule has 14 heavy (non-hydrogen) atoms. The van der Waals surface area contributed by atoms with Crippen LogP contribution in [0.4, 0.5) is 0 Å². The van der Waals surface area contributed by atoms with Gasteiger partial charge in [0.05, 0.1) is 0 Å². The summed E-state index contributed by atoms with van der Waals surface area (Å²) in [7, 11) is 0. The van der Waals surface area contributed by atoms with Gasteiger partial charge in [0.2, 0.25) is 0 Å². The number of ether oxygens (including phenoxy) is 2. The van der Waals surface area contributed by atoms with Gasteiger partial charge in [-0.05, 0) is 0 Å². The molecule has 1 aromatic rings. The highest BCUT2D eigenvalue weighted by atomic mass is 16.6. The topological polar surface area (TPSA) is 57.1 Å². The Hall–Kier alpha value is -1.39. The molecule has 5 nitrogen and oxygen atoms in total. The van der Waals surface area contributed by atoms with E-state index in [9.17, 15) is 0 Å². The van der Waals surface area contributed by atoms with Gasteiger partial charge in [0, 0.05) is 5.41 Å². The first kappa shape index (κ1) is 9.18. The molecule has 0 saturated heterocycles. The van der Waals surface area contributed by atoms with Gasteiger partial charge in [-0.15, -0.1) is 10.2 Å². The van der Waals surface area contributed by atoms with Gasteiger partial charge in [-0.2, -0.15) is 4.98 Å². The summed E-state index contributed by atoms with van der Waals surface area (Å²) < 4.78 is 10.6. The number of fused-ring (bicyclic) bond motifs is 1. The lowest BCUT2D eigenvalue weighted by atomic mass is 9.96. The van der Waals surface area contributed by atoms with Crippen LogP contribution in [0.15, 0.2) is 0 Å². The van der Waals surface area contributed by atoms with Gasteiger partial charge in [0.15, 0.2) is 5.82 Å². The highest BCUT2D eigenvalue weighted by Crippen LogP contribution is 2.27. The van der Waals surface area contributed by atoms with Crippen LogP contribution >= 0.6 is 0 Å². The van der Waals surface area contributed by atoms with Gasteiger partial charge in [0.25, 0.3) is 11.8 Å². The average molecular weight is 195 g/mol. The fourth-order valence-electron chi connectivity index (χ4n) is 1.08.